The molecule has 2 heterocycles. The van der Waals surface area contributed by atoms with Crippen LogP contribution in [0.3, 0.4) is 0 Å². The van der Waals surface area contributed by atoms with Gasteiger partial charge in [0.2, 0.25) is 5.91 Å². The highest BCUT2D eigenvalue weighted by molar-refractivity contribution is 6.10. The van der Waals surface area contributed by atoms with Crippen LogP contribution in [0.1, 0.15) is 12.8 Å². The van der Waals surface area contributed by atoms with Crippen molar-refractivity contribution in [3.63, 3.8) is 0 Å². The van der Waals surface area contributed by atoms with Crippen LogP contribution in [0.4, 0.5) is 5.69 Å². The van der Waals surface area contributed by atoms with E-state index < -0.39 is 6.23 Å². The van der Waals surface area contributed by atoms with Gasteiger partial charge >= 0.3 is 0 Å². The first kappa shape index (κ1) is 16.4. The number of aliphatic imine (C=N–C) groups is 2. The van der Waals surface area contributed by atoms with Crippen LogP contribution in [0, 0.1) is 0 Å². The van der Waals surface area contributed by atoms with Crippen LogP contribution in [0.2, 0.25) is 0 Å². The summed E-state index contributed by atoms with van der Waals surface area (Å²) in [7, 11) is 0. The molecule has 0 aliphatic carbocycles. The molecule has 3 rings (SSSR count). The first-order chi connectivity index (χ1) is 11.6. The summed E-state index contributed by atoms with van der Waals surface area (Å²) in [5, 5.41) is 22.0. The molecule has 1 unspecified atom stereocenters. The third-order valence-electron chi connectivity index (χ3n) is 3.75. The van der Waals surface area contributed by atoms with E-state index in [1.54, 1.807) is 12.1 Å². The molecule has 1 atom stereocenters. The Morgan fingerprint density at radius 2 is 2.17 bits per heavy atom. The summed E-state index contributed by atoms with van der Waals surface area (Å²) in [6.45, 7) is 2.68. The molecule has 0 aromatic heterocycles. The molecule has 0 spiro atoms. The van der Waals surface area contributed by atoms with Crippen LogP contribution in [0.15, 0.2) is 34.3 Å². The van der Waals surface area contributed by atoms with E-state index in [2.05, 4.69) is 20.2 Å². The maximum Gasteiger partial charge on any atom is 0.232 e. The van der Waals surface area contributed by atoms with Crippen molar-refractivity contribution in [2.75, 3.05) is 31.6 Å². The topological polar surface area (TPSA) is 107 Å². The third-order valence-corrected chi connectivity index (χ3v) is 3.75. The molecule has 2 aliphatic heterocycles. The van der Waals surface area contributed by atoms with Crippen LogP contribution in [0.25, 0.3) is 0 Å². The van der Waals surface area contributed by atoms with Crippen molar-refractivity contribution in [1.29, 1.82) is 0 Å². The molecule has 1 aromatic rings. The summed E-state index contributed by atoms with van der Waals surface area (Å²) in [5.74, 6) is 0.804. The largest absolute Gasteiger partial charge is 0.508 e. The SMILES string of the molecule is O=C(CC1=NC(O)CC(N2CCOCC2)=N1)Nc1cccc(O)c1. The van der Waals surface area contributed by atoms with Gasteiger partial charge in [0.15, 0.2) is 6.23 Å². The summed E-state index contributed by atoms with van der Waals surface area (Å²) in [4.78, 5) is 22.6. The van der Waals surface area contributed by atoms with Gasteiger partial charge in [-0.3, -0.25) is 4.79 Å². The average molecular weight is 332 g/mol. The zero-order valence-electron chi connectivity index (χ0n) is 13.2. The summed E-state index contributed by atoms with van der Waals surface area (Å²) in [6, 6.07) is 6.30. The van der Waals surface area contributed by atoms with Crippen molar-refractivity contribution >= 4 is 23.3 Å². The molecule has 128 valence electrons. The maximum atomic E-state index is 12.1. The number of phenolic OH excluding ortho intramolecular Hbond substituents is 1. The van der Waals surface area contributed by atoms with Crippen molar-refractivity contribution in [3.05, 3.63) is 24.3 Å². The predicted molar refractivity (Wildman–Crippen MR) is 89.2 cm³/mol. The van der Waals surface area contributed by atoms with E-state index >= 15 is 0 Å². The molecule has 8 nitrogen and oxygen atoms in total. The van der Waals surface area contributed by atoms with E-state index in [0.29, 0.717) is 44.2 Å². The number of aromatic hydroxyl groups is 1. The number of rotatable bonds is 3. The van der Waals surface area contributed by atoms with Crippen LogP contribution in [-0.4, -0.2) is 65.2 Å². The second-order valence-electron chi connectivity index (χ2n) is 5.63. The Bertz CT molecular complexity index is 668. The number of nitrogens with zero attached hydrogens (tertiary/aromatic N) is 3. The number of aliphatic hydroxyl groups excluding tert-OH is 1. The number of benzene rings is 1. The fourth-order valence-corrected chi connectivity index (χ4v) is 2.64. The lowest BCUT2D eigenvalue weighted by molar-refractivity contribution is -0.115. The highest BCUT2D eigenvalue weighted by Gasteiger charge is 2.23. The van der Waals surface area contributed by atoms with Gasteiger partial charge in [0, 0.05) is 24.8 Å². The molecule has 1 amide bonds. The van der Waals surface area contributed by atoms with Gasteiger partial charge in [-0.05, 0) is 12.1 Å². The number of ether oxygens (including phenoxy) is 1. The second kappa shape index (κ2) is 7.41. The Morgan fingerprint density at radius 3 is 2.92 bits per heavy atom. The lowest BCUT2D eigenvalue weighted by Crippen LogP contribution is -2.43. The third kappa shape index (κ3) is 4.30. The fourth-order valence-electron chi connectivity index (χ4n) is 2.64. The molecule has 8 heteroatoms. The van der Waals surface area contributed by atoms with Crippen molar-refractivity contribution in [3.8, 4) is 5.75 Å². The van der Waals surface area contributed by atoms with Crippen molar-refractivity contribution in [2.45, 2.75) is 19.1 Å². The zero-order chi connectivity index (χ0) is 16.9. The number of amides is 1. The lowest BCUT2D eigenvalue weighted by atomic mass is 10.2. The number of anilines is 1. The van der Waals surface area contributed by atoms with Gasteiger partial charge in [0.25, 0.3) is 0 Å². The van der Waals surface area contributed by atoms with Gasteiger partial charge in [0.05, 0.1) is 26.1 Å². The number of morpholine rings is 1. The summed E-state index contributed by atoms with van der Waals surface area (Å²) in [5.41, 5.74) is 0.495. The maximum absolute atomic E-state index is 12.1. The second-order valence-corrected chi connectivity index (χ2v) is 5.63. The molecule has 0 radical (unpaired) electrons. The molecular formula is C16H20N4O4. The minimum Gasteiger partial charge on any atom is -0.508 e. The van der Waals surface area contributed by atoms with E-state index in [9.17, 15) is 15.0 Å². The fraction of sp³-hybridized carbons (Fsp3) is 0.438. The first-order valence-electron chi connectivity index (χ1n) is 7.84. The van der Waals surface area contributed by atoms with E-state index in [1.165, 1.54) is 12.1 Å². The molecule has 0 bridgehead atoms. The van der Waals surface area contributed by atoms with Crippen LogP contribution in [-0.2, 0) is 9.53 Å². The Kier molecular flexibility index (Phi) is 5.07. The number of phenols is 1. The molecule has 2 aliphatic rings. The monoisotopic (exact) mass is 332 g/mol. The number of aliphatic hydroxyl groups is 1. The van der Waals surface area contributed by atoms with Gasteiger partial charge in [-0.1, -0.05) is 6.07 Å². The zero-order valence-corrected chi connectivity index (χ0v) is 13.2. The Hall–Kier alpha value is -2.45. The van der Waals surface area contributed by atoms with E-state index in [4.69, 9.17) is 4.74 Å². The smallest absolute Gasteiger partial charge is 0.232 e. The number of carbonyl (C=O) groups excluding carboxylic acids is 1. The Labute approximate surface area is 139 Å². The number of hydrogen-bond donors (Lipinski definition) is 3. The van der Waals surface area contributed by atoms with Crippen LogP contribution < -0.4 is 5.32 Å². The minimum absolute atomic E-state index is 0.0411. The Morgan fingerprint density at radius 1 is 1.38 bits per heavy atom. The normalized spacial score (nSPS) is 21.0. The van der Waals surface area contributed by atoms with Gasteiger partial charge in [0.1, 0.15) is 17.4 Å². The molecule has 24 heavy (non-hydrogen) atoms. The number of hydrogen-bond acceptors (Lipinski definition) is 7. The van der Waals surface area contributed by atoms with Gasteiger partial charge in [-0.15, -0.1) is 0 Å². The highest BCUT2D eigenvalue weighted by Crippen LogP contribution is 2.16. The molecular weight excluding hydrogens is 312 g/mol. The predicted octanol–water partition coefficient (Wildman–Crippen LogP) is 0.572. The first-order valence-corrected chi connectivity index (χ1v) is 7.84. The van der Waals surface area contributed by atoms with Crippen molar-refractivity contribution in [2.24, 2.45) is 9.98 Å². The summed E-state index contributed by atoms with van der Waals surface area (Å²) in [6.07, 6.45) is -0.581. The van der Waals surface area contributed by atoms with Gasteiger partial charge < -0.3 is 25.2 Å². The van der Waals surface area contributed by atoms with E-state index in [-0.39, 0.29) is 18.1 Å². The summed E-state index contributed by atoms with van der Waals surface area (Å²) < 4.78 is 5.31. The molecule has 1 aromatic carbocycles. The van der Waals surface area contributed by atoms with Gasteiger partial charge in [-0.25, -0.2) is 9.98 Å². The number of nitrogens with one attached hydrogen (secondary N) is 1. The van der Waals surface area contributed by atoms with Crippen LogP contribution >= 0.6 is 0 Å². The van der Waals surface area contributed by atoms with E-state index in [1.807, 2.05) is 0 Å². The lowest BCUT2D eigenvalue weighted by Gasteiger charge is -2.31. The average Bonchev–Trinajstić information content (AvgIpc) is 2.55. The number of amidine groups is 2. The Balaban J connectivity index is 1.64. The van der Waals surface area contributed by atoms with Gasteiger partial charge in [-0.2, -0.15) is 0 Å². The highest BCUT2D eigenvalue weighted by atomic mass is 16.5. The molecule has 0 saturated carbocycles. The van der Waals surface area contributed by atoms with Crippen LogP contribution in [0.5, 0.6) is 5.75 Å². The standard InChI is InChI=1S/C16H20N4O4/c21-12-3-1-2-11(8-12)17-15(22)9-13-18-14(10-16(23)19-13)20-4-6-24-7-5-20/h1-3,8,16,21,23H,4-7,9-10H2,(H,17,22). The molecule has 1 fully saturated rings. The molecule has 3 N–H and O–H groups in total. The van der Waals surface area contributed by atoms with Crippen molar-refractivity contribution in [1.82, 2.24) is 4.90 Å². The van der Waals surface area contributed by atoms with E-state index in [0.717, 1.165) is 5.84 Å². The minimum atomic E-state index is -0.885. The quantitative estimate of drug-likeness (QED) is 0.750. The summed E-state index contributed by atoms with van der Waals surface area (Å²) >= 11 is 0. The number of carbonyl (C=O) groups is 1. The molecule has 1 saturated heterocycles. The van der Waals surface area contributed by atoms with Crippen molar-refractivity contribution < 1.29 is 19.7 Å².